The van der Waals surface area contributed by atoms with E-state index < -0.39 is 0 Å². The van der Waals surface area contributed by atoms with E-state index in [0.717, 1.165) is 28.7 Å². The molecule has 0 amide bonds. The van der Waals surface area contributed by atoms with Gasteiger partial charge in [-0.25, -0.2) is 0 Å². The van der Waals surface area contributed by atoms with Gasteiger partial charge in [-0.1, -0.05) is 0 Å². The Balaban J connectivity index is 2.62. The zero-order valence-corrected chi connectivity index (χ0v) is 8.20. The molecule has 2 heterocycles. The van der Waals surface area contributed by atoms with Gasteiger partial charge in [-0.3, -0.25) is 9.97 Å². The average Bonchev–Trinajstić information content (AvgIpc) is 2.18. The van der Waals surface area contributed by atoms with Crippen LogP contribution in [0.25, 0.3) is 10.9 Å². The van der Waals surface area contributed by atoms with E-state index in [0.29, 0.717) is 6.54 Å². The summed E-state index contributed by atoms with van der Waals surface area (Å²) in [5.41, 5.74) is 8.59. The van der Waals surface area contributed by atoms with Crippen LogP contribution in [-0.4, -0.2) is 16.5 Å². The Bertz CT molecular complexity index is 451. The summed E-state index contributed by atoms with van der Waals surface area (Å²) in [6, 6.07) is 6.00. The smallest absolute Gasteiger partial charge is 0.0738 e. The molecular formula is C11H13N3. The molecule has 0 aromatic carbocycles. The van der Waals surface area contributed by atoms with Gasteiger partial charge in [-0.05, 0) is 31.7 Å². The van der Waals surface area contributed by atoms with E-state index in [1.807, 2.05) is 19.1 Å². The normalized spacial score (nSPS) is 10.7. The van der Waals surface area contributed by atoms with Gasteiger partial charge in [0.25, 0.3) is 0 Å². The first-order valence-corrected chi connectivity index (χ1v) is 4.72. The van der Waals surface area contributed by atoms with E-state index >= 15 is 0 Å². The summed E-state index contributed by atoms with van der Waals surface area (Å²) in [4.78, 5) is 8.74. The van der Waals surface area contributed by atoms with Crippen molar-refractivity contribution >= 4 is 10.9 Å². The van der Waals surface area contributed by atoms with Crippen LogP contribution in [0.4, 0.5) is 0 Å². The van der Waals surface area contributed by atoms with E-state index in [9.17, 15) is 0 Å². The Hall–Kier alpha value is -1.48. The molecule has 2 N–H and O–H groups in total. The van der Waals surface area contributed by atoms with Gasteiger partial charge < -0.3 is 5.73 Å². The van der Waals surface area contributed by atoms with E-state index in [1.165, 1.54) is 0 Å². The molecule has 0 bridgehead atoms. The predicted molar refractivity (Wildman–Crippen MR) is 57.0 cm³/mol. The second-order valence-electron chi connectivity index (χ2n) is 3.32. The molecule has 0 aliphatic carbocycles. The van der Waals surface area contributed by atoms with Gasteiger partial charge in [0.15, 0.2) is 0 Å². The highest BCUT2D eigenvalue weighted by molar-refractivity contribution is 5.80. The number of rotatable bonds is 2. The minimum atomic E-state index is 0.625. The standard InChI is InChI=1S/C11H13N3/c1-8-2-3-9-10(4-6-12)13-7-5-11(9)14-8/h2-3,5,7H,4,6,12H2,1H3. The Kier molecular flexibility index (Phi) is 2.41. The van der Waals surface area contributed by atoms with Crippen LogP contribution < -0.4 is 5.73 Å². The van der Waals surface area contributed by atoms with Gasteiger partial charge in [-0.2, -0.15) is 0 Å². The fraction of sp³-hybridized carbons (Fsp3) is 0.273. The molecule has 0 fully saturated rings. The number of aryl methyl sites for hydroxylation is 1. The number of hydrogen-bond acceptors (Lipinski definition) is 3. The SMILES string of the molecule is Cc1ccc2c(CCN)nccc2n1. The molecule has 0 spiro atoms. The van der Waals surface area contributed by atoms with Gasteiger partial charge in [0, 0.05) is 23.7 Å². The number of nitrogens with two attached hydrogens (primary N) is 1. The Labute approximate surface area is 83.0 Å². The van der Waals surface area contributed by atoms with Crippen LogP contribution in [0.15, 0.2) is 24.4 Å². The van der Waals surface area contributed by atoms with Crippen LogP contribution in [0.2, 0.25) is 0 Å². The minimum absolute atomic E-state index is 0.625. The first-order valence-electron chi connectivity index (χ1n) is 4.72. The molecular weight excluding hydrogens is 174 g/mol. The molecule has 0 atom stereocenters. The lowest BCUT2D eigenvalue weighted by Gasteiger charge is -2.03. The molecule has 0 aliphatic heterocycles. The molecule has 3 heteroatoms. The highest BCUT2D eigenvalue weighted by Gasteiger charge is 2.01. The molecule has 0 radical (unpaired) electrons. The number of hydrogen-bond donors (Lipinski definition) is 1. The lowest BCUT2D eigenvalue weighted by molar-refractivity contribution is 0.934. The summed E-state index contributed by atoms with van der Waals surface area (Å²) in [6.45, 7) is 2.61. The largest absolute Gasteiger partial charge is 0.330 e. The average molecular weight is 187 g/mol. The van der Waals surface area contributed by atoms with Gasteiger partial charge in [-0.15, -0.1) is 0 Å². The van der Waals surface area contributed by atoms with Crippen molar-refractivity contribution in [2.45, 2.75) is 13.3 Å². The van der Waals surface area contributed by atoms with Crippen molar-refractivity contribution in [3.8, 4) is 0 Å². The topological polar surface area (TPSA) is 51.8 Å². The maximum absolute atomic E-state index is 5.52. The van der Waals surface area contributed by atoms with E-state index in [1.54, 1.807) is 6.20 Å². The van der Waals surface area contributed by atoms with Gasteiger partial charge >= 0.3 is 0 Å². The molecule has 2 aromatic heterocycles. The second kappa shape index (κ2) is 3.72. The Morgan fingerprint density at radius 2 is 2.14 bits per heavy atom. The number of aromatic nitrogens is 2. The fourth-order valence-corrected chi connectivity index (χ4v) is 1.55. The molecule has 0 aliphatic rings. The first-order chi connectivity index (χ1) is 6.81. The fourth-order valence-electron chi connectivity index (χ4n) is 1.55. The third kappa shape index (κ3) is 1.59. The maximum Gasteiger partial charge on any atom is 0.0738 e. The van der Waals surface area contributed by atoms with Crippen LogP contribution in [0.1, 0.15) is 11.4 Å². The van der Waals surface area contributed by atoms with Crippen molar-refractivity contribution in [1.82, 2.24) is 9.97 Å². The highest BCUT2D eigenvalue weighted by atomic mass is 14.7. The minimum Gasteiger partial charge on any atom is -0.330 e. The first kappa shape index (κ1) is 9.09. The Morgan fingerprint density at radius 3 is 2.93 bits per heavy atom. The molecule has 0 saturated carbocycles. The lowest BCUT2D eigenvalue weighted by atomic mass is 10.1. The summed E-state index contributed by atoms with van der Waals surface area (Å²) in [7, 11) is 0. The van der Waals surface area contributed by atoms with Crippen LogP contribution in [0.3, 0.4) is 0 Å². The van der Waals surface area contributed by atoms with E-state index in [4.69, 9.17) is 5.73 Å². The van der Waals surface area contributed by atoms with Crippen molar-refractivity contribution in [3.05, 3.63) is 35.8 Å². The van der Waals surface area contributed by atoms with Crippen molar-refractivity contribution in [3.63, 3.8) is 0 Å². The van der Waals surface area contributed by atoms with Gasteiger partial charge in [0.2, 0.25) is 0 Å². The monoisotopic (exact) mass is 187 g/mol. The number of pyridine rings is 2. The molecule has 0 saturated heterocycles. The van der Waals surface area contributed by atoms with Crippen LogP contribution in [0.5, 0.6) is 0 Å². The second-order valence-corrected chi connectivity index (χ2v) is 3.32. The third-order valence-electron chi connectivity index (χ3n) is 2.22. The predicted octanol–water partition coefficient (Wildman–Crippen LogP) is 1.44. The number of nitrogens with zero attached hydrogens (tertiary/aromatic N) is 2. The summed E-state index contributed by atoms with van der Waals surface area (Å²) in [6.07, 6.45) is 2.60. The molecule has 2 aromatic rings. The molecule has 0 unspecified atom stereocenters. The van der Waals surface area contributed by atoms with Crippen molar-refractivity contribution in [2.75, 3.05) is 6.54 Å². The molecule has 72 valence electrons. The maximum atomic E-state index is 5.52. The van der Waals surface area contributed by atoms with Gasteiger partial charge in [0.05, 0.1) is 11.2 Å². The zero-order chi connectivity index (χ0) is 9.97. The number of fused-ring (bicyclic) bond motifs is 1. The lowest BCUT2D eigenvalue weighted by Crippen LogP contribution is -2.05. The van der Waals surface area contributed by atoms with Crippen molar-refractivity contribution < 1.29 is 0 Å². The summed E-state index contributed by atoms with van der Waals surface area (Å²) >= 11 is 0. The van der Waals surface area contributed by atoms with E-state index in [2.05, 4.69) is 16.0 Å². The molecule has 2 rings (SSSR count). The summed E-state index contributed by atoms with van der Waals surface area (Å²) in [5, 5.41) is 1.11. The molecule has 3 nitrogen and oxygen atoms in total. The third-order valence-corrected chi connectivity index (χ3v) is 2.22. The summed E-state index contributed by atoms with van der Waals surface area (Å²) < 4.78 is 0. The van der Waals surface area contributed by atoms with Gasteiger partial charge in [0.1, 0.15) is 0 Å². The van der Waals surface area contributed by atoms with Crippen molar-refractivity contribution in [2.24, 2.45) is 5.73 Å². The summed E-state index contributed by atoms with van der Waals surface area (Å²) in [5.74, 6) is 0. The molecule has 14 heavy (non-hydrogen) atoms. The van der Waals surface area contributed by atoms with E-state index in [-0.39, 0.29) is 0 Å². The van der Waals surface area contributed by atoms with Crippen LogP contribution in [-0.2, 0) is 6.42 Å². The van der Waals surface area contributed by atoms with Crippen LogP contribution in [0, 0.1) is 6.92 Å². The highest BCUT2D eigenvalue weighted by Crippen LogP contribution is 2.15. The van der Waals surface area contributed by atoms with Crippen LogP contribution >= 0.6 is 0 Å². The zero-order valence-electron chi connectivity index (χ0n) is 8.20. The quantitative estimate of drug-likeness (QED) is 0.774. The Morgan fingerprint density at radius 1 is 1.29 bits per heavy atom. The van der Waals surface area contributed by atoms with Crippen molar-refractivity contribution in [1.29, 1.82) is 0 Å².